The van der Waals surface area contributed by atoms with Crippen LogP contribution >= 0.6 is 11.6 Å². The Balaban J connectivity index is 2.06. The summed E-state index contributed by atoms with van der Waals surface area (Å²) in [4.78, 5) is 12.1. The van der Waals surface area contributed by atoms with Gasteiger partial charge in [0, 0.05) is 6.04 Å². The lowest BCUT2D eigenvalue weighted by Crippen LogP contribution is -2.33. The summed E-state index contributed by atoms with van der Waals surface area (Å²) in [5, 5.41) is 3.49. The molecule has 0 saturated heterocycles. The molecule has 0 aliphatic heterocycles. The van der Waals surface area contributed by atoms with Crippen LogP contribution in [0.25, 0.3) is 0 Å². The number of aromatic nitrogens is 3. The maximum Gasteiger partial charge on any atom is 0.322 e. The molecule has 0 bridgehead atoms. The molecule has 100 valence electrons. The van der Waals surface area contributed by atoms with Crippen molar-refractivity contribution in [3.63, 3.8) is 0 Å². The van der Waals surface area contributed by atoms with Gasteiger partial charge < -0.3 is 10.1 Å². The fourth-order valence-corrected chi connectivity index (χ4v) is 2.69. The number of nitrogens with zero attached hydrogens (tertiary/aromatic N) is 3. The van der Waals surface area contributed by atoms with Gasteiger partial charge in [-0.1, -0.05) is 13.8 Å². The van der Waals surface area contributed by atoms with Crippen molar-refractivity contribution in [2.75, 3.05) is 12.4 Å². The van der Waals surface area contributed by atoms with E-state index in [9.17, 15) is 0 Å². The van der Waals surface area contributed by atoms with Crippen LogP contribution in [0.4, 0.5) is 5.95 Å². The molecule has 0 aromatic carbocycles. The second kappa shape index (κ2) is 5.69. The van der Waals surface area contributed by atoms with Gasteiger partial charge in [0.05, 0.1) is 7.11 Å². The Morgan fingerprint density at radius 2 is 2.00 bits per heavy atom. The summed E-state index contributed by atoms with van der Waals surface area (Å²) in [5.41, 5.74) is 0. The van der Waals surface area contributed by atoms with Crippen molar-refractivity contribution in [1.29, 1.82) is 0 Å². The number of nitrogens with one attached hydrogen (secondary N) is 1. The molecule has 1 aromatic heterocycles. The fraction of sp³-hybridized carbons (Fsp3) is 0.750. The van der Waals surface area contributed by atoms with E-state index in [-0.39, 0.29) is 11.3 Å². The SMILES string of the molecule is COc1nc(Cl)nc(NC2CCC(C)CC2C)n1. The lowest BCUT2D eigenvalue weighted by atomic mass is 9.80. The minimum atomic E-state index is 0.154. The standard InChI is InChI=1S/C12H19ClN4O/c1-7-4-5-9(8(2)6-7)14-11-15-10(13)16-12(17-11)18-3/h7-9H,4-6H2,1-3H3,(H,14,15,16,17). The molecule has 0 radical (unpaired) electrons. The van der Waals surface area contributed by atoms with Crippen LogP contribution < -0.4 is 10.1 Å². The minimum absolute atomic E-state index is 0.154. The average molecular weight is 271 g/mol. The molecule has 1 saturated carbocycles. The van der Waals surface area contributed by atoms with Crippen LogP contribution in [0, 0.1) is 11.8 Å². The van der Waals surface area contributed by atoms with Crippen LogP contribution in [0.1, 0.15) is 33.1 Å². The molecule has 1 aliphatic rings. The summed E-state index contributed by atoms with van der Waals surface area (Å²) in [6.45, 7) is 4.56. The summed E-state index contributed by atoms with van der Waals surface area (Å²) in [5.74, 6) is 1.91. The Labute approximate surface area is 112 Å². The summed E-state index contributed by atoms with van der Waals surface area (Å²) in [6.07, 6.45) is 3.60. The van der Waals surface area contributed by atoms with Gasteiger partial charge in [0.25, 0.3) is 0 Å². The van der Waals surface area contributed by atoms with Gasteiger partial charge in [0.1, 0.15) is 0 Å². The zero-order chi connectivity index (χ0) is 13.1. The van der Waals surface area contributed by atoms with E-state index in [0.717, 1.165) is 12.3 Å². The van der Waals surface area contributed by atoms with Gasteiger partial charge in [-0.2, -0.15) is 15.0 Å². The highest BCUT2D eigenvalue weighted by Crippen LogP contribution is 2.30. The van der Waals surface area contributed by atoms with E-state index in [4.69, 9.17) is 16.3 Å². The van der Waals surface area contributed by atoms with E-state index in [2.05, 4.69) is 34.1 Å². The van der Waals surface area contributed by atoms with Crippen molar-refractivity contribution >= 4 is 17.5 Å². The number of halogens is 1. The fourth-order valence-electron chi connectivity index (χ4n) is 2.53. The molecular formula is C12H19ClN4O. The van der Waals surface area contributed by atoms with Crippen LogP contribution in [-0.2, 0) is 0 Å². The topological polar surface area (TPSA) is 59.9 Å². The summed E-state index contributed by atoms with van der Waals surface area (Å²) < 4.78 is 4.98. The second-order valence-corrected chi connectivity index (χ2v) is 5.40. The highest BCUT2D eigenvalue weighted by atomic mass is 35.5. The molecule has 1 aliphatic carbocycles. The Morgan fingerprint density at radius 3 is 2.67 bits per heavy atom. The van der Waals surface area contributed by atoms with E-state index < -0.39 is 0 Å². The van der Waals surface area contributed by atoms with E-state index in [1.807, 2.05) is 0 Å². The molecule has 3 unspecified atom stereocenters. The van der Waals surface area contributed by atoms with Crippen LogP contribution in [0.15, 0.2) is 0 Å². The molecule has 5 nitrogen and oxygen atoms in total. The first-order valence-corrected chi connectivity index (χ1v) is 6.68. The van der Waals surface area contributed by atoms with Gasteiger partial charge in [-0.05, 0) is 42.7 Å². The quantitative estimate of drug-likeness (QED) is 0.915. The second-order valence-electron chi connectivity index (χ2n) is 5.06. The van der Waals surface area contributed by atoms with E-state index in [1.54, 1.807) is 0 Å². The number of ether oxygens (including phenoxy) is 1. The van der Waals surface area contributed by atoms with Crippen molar-refractivity contribution < 1.29 is 4.74 Å². The Bertz CT molecular complexity index is 415. The Kier molecular flexibility index (Phi) is 4.22. The maximum absolute atomic E-state index is 5.82. The normalized spacial score (nSPS) is 27.9. The number of methoxy groups -OCH3 is 1. The minimum Gasteiger partial charge on any atom is -0.467 e. The first-order valence-electron chi connectivity index (χ1n) is 6.30. The van der Waals surface area contributed by atoms with Crippen LogP contribution in [0.2, 0.25) is 5.28 Å². The molecule has 0 spiro atoms. The highest BCUT2D eigenvalue weighted by Gasteiger charge is 2.26. The van der Waals surface area contributed by atoms with Crippen LogP contribution in [-0.4, -0.2) is 28.1 Å². The van der Waals surface area contributed by atoms with Gasteiger partial charge >= 0.3 is 6.01 Å². The number of hydrogen-bond donors (Lipinski definition) is 1. The summed E-state index contributed by atoms with van der Waals surface area (Å²) in [7, 11) is 1.51. The van der Waals surface area contributed by atoms with Gasteiger partial charge in [-0.15, -0.1) is 0 Å². The molecule has 1 aromatic rings. The number of anilines is 1. The molecular weight excluding hydrogens is 252 g/mol. The molecule has 3 atom stereocenters. The number of hydrogen-bond acceptors (Lipinski definition) is 5. The van der Waals surface area contributed by atoms with Gasteiger partial charge in [0.15, 0.2) is 0 Å². The summed E-state index contributed by atoms with van der Waals surface area (Å²) in [6, 6.07) is 0.638. The lowest BCUT2D eigenvalue weighted by molar-refractivity contribution is 0.275. The van der Waals surface area contributed by atoms with Gasteiger partial charge in [-0.3, -0.25) is 0 Å². The molecule has 6 heteroatoms. The third-order valence-corrected chi connectivity index (χ3v) is 3.69. The molecule has 1 N–H and O–H groups in total. The van der Waals surface area contributed by atoms with Crippen molar-refractivity contribution in [2.24, 2.45) is 11.8 Å². The van der Waals surface area contributed by atoms with Crippen LogP contribution in [0.3, 0.4) is 0 Å². The summed E-state index contributed by atoms with van der Waals surface area (Å²) >= 11 is 5.82. The predicted molar refractivity (Wildman–Crippen MR) is 71.0 cm³/mol. The van der Waals surface area contributed by atoms with Gasteiger partial charge in [0.2, 0.25) is 11.2 Å². The van der Waals surface area contributed by atoms with Crippen molar-refractivity contribution in [3.05, 3.63) is 5.28 Å². The van der Waals surface area contributed by atoms with Crippen molar-refractivity contribution in [1.82, 2.24) is 15.0 Å². The monoisotopic (exact) mass is 270 g/mol. The van der Waals surface area contributed by atoms with Crippen molar-refractivity contribution in [2.45, 2.75) is 39.2 Å². The molecule has 1 fully saturated rings. The Morgan fingerprint density at radius 1 is 1.22 bits per heavy atom. The largest absolute Gasteiger partial charge is 0.467 e. The van der Waals surface area contributed by atoms with Crippen LogP contribution in [0.5, 0.6) is 6.01 Å². The maximum atomic E-state index is 5.82. The zero-order valence-corrected chi connectivity index (χ0v) is 11.7. The van der Waals surface area contributed by atoms with Crippen molar-refractivity contribution in [3.8, 4) is 6.01 Å². The Hall–Kier alpha value is -1.10. The molecule has 2 rings (SSSR count). The third-order valence-electron chi connectivity index (χ3n) is 3.52. The van der Waals surface area contributed by atoms with E-state index in [1.165, 1.54) is 20.0 Å². The predicted octanol–water partition coefficient (Wildman–Crippen LogP) is 2.77. The number of rotatable bonds is 3. The first-order chi connectivity index (χ1) is 8.58. The van der Waals surface area contributed by atoms with Gasteiger partial charge in [-0.25, -0.2) is 0 Å². The molecule has 1 heterocycles. The highest BCUT2D eigenvalue weighted by molar-refractivity contribution is 6.28. The smallest absolute Gasteiger partial charge is 0.322 e. The lowest BCUT2D eigenvalue weighted by Gasteiger charge is -2.33. The first kappa shape index (κ1) is 13.3. The third kappa shape index (κ3) is 3.22. The zero-order valence-electron chi connectivity index (χ0n) is 11.0. The average Bonchev–Trinajstić information content (AvgIpc) is 2.32. The molecule has 0 amide bonds. The molecule has 18 heavy (non-hydrogen) atoms. The van der Waals surface area contributed by atoms with E-state index in [0.29, 0.717) is 17.9 Å². The van der Waals surface area contributed by atoms with E-state index >= 15 is 0 Å².